The molecule has 0 radical (unpaired) electrons. The van der Waals surface area contributed by atoms with E-state index in [0.29, 0.717) is 12.8 Å². The number of phosphoric ester groups is 1. The summed E-state index contributed by atoms with van der Waals surface area (Å²) in [5, 5.41) is 50.1. The van der Waals surface area contributed by atoms with Gasteiger partial charge in [-0.2, -0.15) is 0 Å². The SMILES string of the molecule is CCCCC/C=C/C/C=C/C/C=C/C/C=C/CCCCCC(=O)OC[C@@H](COP(=O)(O)OC1C(O)C(O)C(O)[C@H](O)C1O)OC(=O)CCCCCCCCCCCCCC. The summed E-state index contributed by atoms with van der Waals surface area (Å²) in [6.07, 6.45) is 28.8. The van der Waals surface area contributed by atoms with Gasteiger partial charge in [-0.05, 0) is 57.8 Å². The molecule has 0 aliphatic heterocycles. The lowest BCUT2D eigenvalue weighted by molar-refractivity contribution is -0.220. The highest BCUT2D eigenvalue weighted by Crippen LogP contribution is 2.47. The fourth-order valence-electron chi connectivity index (χ4n) is 6.68. The van der Waals surface area contributed by atoms with E-state index in [1.54, 1.807) is 0 Å². The molecule has 60 heavy (non-hydrogen) atoms. The van der Waals surface area contributed by atoms with Crippen molar-refractivity contribution in [3.8, 4) is 0 Å². The molecule has 0 aromatic carbocycles. The van der Waals surface area contributed by atoms with Gasteiger partial charge in [-0.25, -0.2) is 4.57 Å². The Kier molecular flexibility index (Phi) is 33.8. The zero-order valence-corrected chi connectivity index (χ0v) is 37.6. The number of hydrogen-bond donors (Lipinski definition) is 6. The van der Waals surface area contributed by atoms with Gasteiger partial charge in [0.1, 0.15) is 43.2 Å². The first-order valence-corrected chi connectivity index (χ1v) is 24.4. The Bertz CT molecular complexity index is 1240. The van der Waals surface area contributed by atoms with Crippen molar-refractivity contribution in [1.29, 1.82) is 0 Å². The monoisotopic (exact) mass is 873 g/mol. The summed E-state index contributed by atoms with van der Waals surface area (Å²) in [5.74, 6) is -1.14. The third-order valence-electron chi connectivity index (χ3n) is 10.4. The standard InChI is InChI=1S/C46H81O13P/c1-3-5-7-9-11-13-15-17-18-19-20-21-22-23-25-26-28-30-32-34-39(47)56-36-38(58-40(48)35-33-31-29-27-24-16-14-12-10-8-6-4-2)37-57-60(54,55)59-46-44(52)42(50)41(49)43(51)45(46)53/h11,13,17-18,20-21,23,25,38,41-46,49-53H,3-10,12,14-16,19,22,24,26-37H2,1-2H3,(H,54,55)/b13-11+,18-17+,21-20+,25-23+/t38-,41?,42-,43?,44?,45?,46?/m0/s1. The lowest BCUT2D eigenvalue weighted by Crippen LogP contribution is -2.64. The normalized spacial score (nSPS) is 22.6. The average Bonchev–Trinajstić information content (AvgIpc) is 3.23. The first kappa shape index (κ1) is 55.8. The number of hydrogen-bond acceptors (Lipinski definition) is 12. The van der Waals surface area contributed by atoms with E-state index in [1.165, 1.54) is 64.2 Å². The van der Waals surface area contributed by atoms with E-state index in [0.717, 1.165) is 70.6 Å². The second kappa shape index (κ2) is 36.3. The van der Waals surface area contributed by atoms with Gasteiger partial charge < -0.3 is 39.9 Å². The van der Waals surface area contributed by atoms with Crippen molar-refractivity contribution in [2.45, 2.75) is 217 Å². The summed E-state index contributed by atoms with van der Waals surface area (Å²) in [5.41, 5.74) is 0. The zero-order chi connectivity index (χ0) is 44.3. The van der Waals surface area contributed by atoms with Crippen LogP contribution >= 0.6 is 7.82 Å². The van der Waals surface area contributed by atoms with Crippen LogP contribution in [0.4, 0.5) is 0 Å². The van der Waals surface area contributed by atoms with Gasteiger partial charge in [0.25, 0.3) is 0 Å². The van der Waals surface area contributed by atoms with Crippen molar-refractivity contribution in [1.82, 2.24) is 0 Å². The van der Waals surface area contributed by atoms with E-state index >= 15 is 0 Å². The second-order valence-corrected chi connectivity index (χ2v) is 17.3. The van der Waals surface area contributed by atoms with Crippen LogP contribution in [0.25, 0.3) is 0 Å². The highest BCUT2D eigenvalue weighted by Gasteiger charge is 2.51. The Balaban J connectivity index is 2.48. The van der Waals surface area contributed by atoms with Gasteiger partial charge in [-0.15, -0.1) is 0 Å². The van der Waals surface area contributed by atoms with Crippen LogP contribution in [0.2, 0.25) is 0 Å². The zero-order valence-electron chi connectivity index (χ0n) is 36.7. The summed E-state index contributed by atoms with van der Waals surface area (Å²) in [6.45, 7) is 3.23. The number of carbonyl (C=O) groups excluding carboxylic acids is 2. The predicted molar refractivity (Wildman–Crippen MR) is 235 cm³/mol. The van der Waals surface area contributed by atoms with Gasteiger partial charge >= 0.3 is 19.8 Å². The summed E-state index contributed by atoms with van der Waals surface area (Å²) < 4.78 is 33.5. The Morgan fingerprint density at radius 3 is 1.40 bits per heavy atom. The molecule has 0 amide bonds. The maximum Gasteiger partial charge on any atom is 0.472 e. The summed E-state index contributed by atoms with van der Waals surface area (Å²) >= 11 is 0. The Morgan fingerprint density at radius 2 is 0.900 bits per heavy atom. The molecule has 0 heterocycles. The molecule has 1 saturated carbocycles. The molecular formula is C46H81O13P. The van der Waals surface area contributed by atoms with Crippen LogP contribution < -0.4 is 0 Å². The van der Waals surface area contributed by atoms with Gasteiger partial charge in [0.2, 0.25) is 0 Å². The number of esters is 2. The maximum atomic E-state index is 12.8. The molecule has 0 saturated heterocycles. The molecular weight excluding hydrogens is 791 g/mol. The number of aliphatic hydroxyl groups is 5. The molecule has 6 unspecified atom stereocenters. The third-order valence-corrected chi connectivity index (χ3v) is 11.4. The van der Waals surface area contributed by atoms with Gasteiger partial charge in [0.15, 0.2) is 6.10 Å². The highest BCUT2D eigenvalue weighted by molar-refractivity contribution is 7.47. The molecule has 1 fully saturated rings. The minimum atomic E-state index is -5.12. The molecule has 0 aromatic heterocycles. The van der Waals surface area contributed by atoms with Gasteiger partial charge in [0, 0.05) is 12.8 Å². The van der Waals surface area contributed by atoms with E-state index in [1.807, 2.05) is 0 Å². The van der Waals surface area contributed by atoms with Crippen molar-refractivity contribution >= 4 is 19.8 Å². The van der Waals surface area contributed by atoms with Gasteiger partial charge in [-0.3, -0.25) is 18.6 Å². The Hall–Kier alpha value is -2.19. The quantitative estimate of drug-likeness (QED) is 0.0149. The first-order chi connectivity index (χ1) is 28.9. The number of unbranched alkanes of at least 4 members (excludes halogenated alkanes) is 17. The molecule has 1 aliphatic rings. The van der Waals surface area contributed by atoms with Crippen LogP contribution in [-0.2, 0) is 32.7 Å². The Morgan fingerprint density at radius 1 is 0.517 bits per heavy atom. The number of phosphoric acid groups is 1. The van der Waals surface area contributed by atoms with Gasteiger partial charge in [0.05, 0.1) is 6.61 Å². The maximum absolute atomic E-state index is 12.8. The lowest BCUT2D eigenvalue weighted by Gasteiger charge is -2.41. The molecule has 8 atom stereocenters. The summed E-state index contributed by atoms with van der Waals surface area (Å²) in [6, 6.07) is 0. The fraction of sp³-hybridized carbons (Fsp3) is 0.783. The topological polar surface area (TPSA) is 210 Å². The van der Waals surface area contributed by atoms with Gasteiger partial charge in [-0.1, -0.05) is 152 Å². The van der Waals surface area contributed by atoms with Crippen LogP contribution in [0.3, 0.4) is 0 Å². The molecule has 6 N–H and O–H groups in total. The minimum Gasteiger partial charge on any atom is -0.462 e. The van der Waals surface area contributed by atoms with E-state index in [-0.39, 0.29) is 12.8 Å². The van der Waals surface area contributed by atoms with Crippen LogP contribution in [0.1, 0.15) is 174 Å². The second-order valence-electron chi connectivity index (χ2n) is 15.9. The van der Waals surface area contributed by atoms with Crippen LogP contribution in [-0.4, -0.2) is 98.3 Å². The van der Waals surface area contributed by atoms with Crippen molar-refractivity contribution in [2.24, 2.45) is 0 Å². The molecule has 14 heteroatoms. The van der Waals surface area contributed by atoms with Crippen LogP contribution in [0, 0.1) is 0 Å². The molecule has 1 aliphatic carbocycles. The van der Waals surface area contributed by atoms with Crippen molar-refractivity contribution in [2.75, 3.05) is 13.2 Å². The molecule has 0 spiro atoms. The largest absolute Gasteiger partial charge is 0.472 e. The molecule has 0 aromatic rings. The highest BCUT2D eigenvalue weighted by atomic mass is 31.2. The Labute approximate surface area is 360 Å². The number of ether oxygens (including phenoxy) is 2. The van der Waals surface area contributed by atoms with E-state index in [9.17, 15) is 44.6 Å². The first-order valence-electron chi connectivity index (χ1n) is 22.9. The molecule has 1 rings (SSSR count). The molecule has 13 nitrogen and oxygen atoms in total. The summed E-state index contributed by atoms with van der Waals surface area (Å²) in [4.78, 5) is 35.6. The van der Waals surface area contributed by atoms with Crippen molar-refractivity contribution in [3.63, 3.8) is 0 Å². The third kappa shape index (κ3) is 28.4. The van der Waals surface area contributed by atoms with Crippen LogP contribution in [0.5, 0.6) is 0 Å². The minimum absolute atomic E-state index is 0.0904. The fourth-order valence-corrected chi connectivity index (χ4v) is 7.65. The average molecular weight is 873 g/mol. The van der Waals surface area contributed by atoms with Crippen molar-refractivity contribution < 1.29 is 63.1 Å². The number of rotatable bonds is 37. The van der Waals surface area contributed by atoms with Crippen molar-refractivity contribution in [3.05, 3.63) is 48.6 Å². The van der Waals surface area contributed by atoms with E-state index in [2.05, 4.69) is 62.5 Å². The number of allylic oxidation sites excluding steroid dienone is 8. The lowest BCUT2D eigenvalue weighted by atomic mass is 9.85. The molecule has 0 bridgehead atoms. The van der Waals surface area contributed by atoms with E-state index < -0.39 is 75.7 Å². The van der Waals surface area contributed by atoms with Crippen LogP contribution in [0.15, 0.2) is 48.6 Å². The molecule has 348 valence electrons. The van der Waals surface area contributed by atoms with E-state index in [4.69, 9.17) is 18.5 Å². The smallest absolute Gasteiger partial charge is 0.462 e. The summed E-state index contributed by atoms with van der Waals surface area (Å²) in [7, 11) is -5.12. The predicted octanol–water partition coefficient (Wildman–Crippen LogP) is 8.78. The number of aliphatic hydroxyl groups excluding tert-OH is 5. The number of carbonyl (C=O) groups is 2.